The lowest BCUT2D eigenvalue weighted by Gasteiger charge is -2.20. The summed E-state index contributed by atoms with van der Waals surface area (Å²) in [5, 5.41) is 3.06. The van der Waals surface area contributed by atoms with Gasteiger partial charge < -0.3 is 5.32 Å². The van der Waals surface area contributed by atoms with Crippen molar-refractivity contribution in [3.05, 3.63) is 0 Å². The Morgan fingerprint density at radius 1 is 1.50 bits per heavy atom. The molecule has 0 radical (unpaired) electrons. The van der Waals surface area contributed by atoms with Gasteiger partial charge in [-0.25, -0.2) is 0 Å². The Morgan fingerprint density at radius 2 is 2.07 bits per heavy atom. The summed E-state index contributed by atoms with van der Waals surface area (Å²) in [5.41, 5.74) is 0.508. The van der Waals surface area contributed by atoms with Crippen LogP contribution in [0.15, 0.2) is 0 Å². The summed E-state index contributed by atoms with van der Waals surface area (Å²) in [6, 6.07) is 0. The van der Waals surface area contributed by atoms with Gasteiger partial charge >= 0.3 is 0 Å². The number of carbonyl (C=O) groups excluding carboxylic acids is 1. The predicted octanol–water partition coefficient (Wildman–Crippen LogP) is 2.47. The third kappa shape index (κ3) is 2.13. The second kappa shape index (κ2) is 3.22. The number of hydrogen-bond donors (Lipinski definition) is 1. The van der Waals surface area contributed by atoms with Crippen molar-refractivity contribution in [2.45, 2.75) is 43.9 Å². The molecule has 80 valence electrons. The van der Waals surface area contributed by atoms with Crippen LogP contribution in [0.5, 0.6) is 0 Å². The minimum atomic E-state index is -0.424. The molecule has 0 saturated heterocycles. The zero-order chi connectivity index (χ0) is 10.4. The van der Waals surface area contributed by atoms with Crippen LogP contribution in [0.25, 0.3) is 0 Å². The van der Waals surface area contributed by atoms with E-state index in [4.69, 9.17) is 0 Å². The summed E-state index contributed by atoms with van der Waals surface area (Å²) in [4.78, 5) is 11.6. The molecule has 2 saturated carbocycles. The van der Waals surface area contributed by atoms with Crippen LogP contribution in [0.4, 0.5) is 0 Å². The Bertz CT molecular complexity index is 249. The van der Waals surface area contributed by atoms with E-state index in [0.29, 0.717) is 5.41 Å². The number of halogens is 1. The van der Waals surface area contributed by atoms with E-state index < -0.39 is 4.32 Å². The molecule has 2 rings (SSSR count). The average molecular weight is 260 g/mol. The van der Waals surface area contributed by atoms with E-state index in [9.17, 15) is 4.79 Å². The molecule has 1 amide bonds. The SMILES string of the molecule is CC(C)(Br)C(=O)NCC1(C2CC2)CC1. The smallest absolute Gasteiger partial charge is 0.236 e. The standard InChI is InChI=1S/C11H18BrNO/c1-10(2,12)9(14)13-7-11(5-6-11)8-3-4-8/h8H,3-7H2,1-2H3,(H,13,14). The fourth-order valence-corrected chi connectivity index (χ4v) is 2.19. The van der Waals surface area contributed by atoms with E-state index in [0.717, 1.165) is 12.5 Å². The molecule has 0 unspecified atom stereocenters. The van der Waals surface area contributed by atoms with Crippen molar-refractivity contribution in [1.29, 1.82) is 0 Å². The lowest BCUT2D eigenvalue weighted by atomic mass is 10.0. The maximum atomic E-state index is 11.6. The number of nitrogens with one attached hydrogen (secondary N) is 1. The second-order valence-electron chi connectivity index (χ2n) is 5.29. The van der Waals surface area contributed by atoms with Gasteiger partial charge in [0.1, 0.15) is 0 Å². The van der Waals surface area contributed by atoms with Crippen molar-refractivity contribution in [3.8, 4) is 0 Å². The quantitative estimate of drug-likeness (QED) is 0.773. The zero-order valence-corrected chi connectivity index (χ0v) is 10.5. The first kappa shape index (κ1) is 10.5. The summed E-state index contributed by atoms with van der Waals surface area (Å²) in [6.07, 6.45) is 5.41. The van der Waals surface area contributed by atoms with Crippen LogP contribution >= 0.6 is 15.9 Å². The Kier molecular flexibility index (Phi) is 2.41. The fourth-order valence-electron chi connectivity index (χ4n) is 2.05. The lowest BCUT2D eigenvalue weighted by molar-refractivity contribution is -0.122. The first-order chi connectivity index (χ1) is 6.44. The first-order valence-electron chi connectivity index (χ1n) is 5.41. The molecule has 2 aliphatic rings. The Hall–Kier alpha value is -0.0500. The molecule has 2 aliphatic carbocycles. The highest BCUT2D eigenvalue weighted by molar-refractivity contribution is 9.10. The lowest BCUT2D eigenvalue weighted by Crippen LogP contribution is -2.40. The van der Waals surface area contributed by atoms with Gasteiger partial charge in [-0.1, -0.05) is 15.9 Å². The molecule has 0 aromatic carbocycles. The van der Waals surface area contributed by atoms with Crippen molar-refractivity contribution < 1.29 is 4.79 Å². The van der Waals surface area contributed by atoms with E-state index in [1.54, 1.807) is 0 Å². The number of carbonyl (C=O) groups is 1. The van der Waals surface area contributed by atoms with Crippen molar-refractivity contribution in [1.82, 2.24) is 5.32 Å². The highest BCUT2D eigenvalue weighted by atomic mass is 79.9. The van der Waals surface area contributed by atoms with E-state index in [1.165, 1.54) is 25.7 Å². The largest absolute Gasteiger partial charge is 0.354 e. The monoisotopic (exact) mass is 259 g/mol. The third-order valence-electron chi connectivity index (χ3n) is 3.48. The zero-order valence-electron chi connectivity index (χ0n) is 8.90. The van der Waals surface area contributed by atoms with Crippen LogP contribution in [0.3, 0.4) is 0 Å². The third-order valence-corrected chi connectivity index (χ3v) is 3.84. The van der Waals surface area contributed by atoms with E-state index >= 15 is 0 Å². The Labute approximate surface area is 94.0 Å². The maximum Gasteiger partial charge on any atom is 0.236 e. The van der Waals surface area contributed by atoms with Gasteiger partial charge in [0.05, 0.1) is 4.32 Å². The summed E-state index contributed by atoms with van der Waals surface area (Å²) in [6.45, 7) is 4.67. The summed E-state index contributed by atoms with van der Waals surface area (Å²) in [7, 11) is 0. The number of amides is 1. The van der Waals surface area contributed by atoms with Gasteiger partial charge in [0.15, 0.2) is 0 Å². The van der Waals surface area contributed by atoms with Crippen LogP contribution in [0.1, 0.15) is 39.5 Å². The summed E-state index contributed by atoms with van der Waals surface area (Å²) >= 11 is 3.37. The minimum Gasteiger partial charge on any atom is -0.354 e. The maximum absolute atomic E-state index is 11.6. The molecular formula is C11H18BrNO. The molecule has 0 aromatic heterocycles. The molecule has 2 fully saturated rings. The van der Waals surface area contributed by atoms with Crippen LogP contribution < -0.4 is 5.32 Å². The number of rotatable bonds is 4. The van der Waals surface area contributed by atoms with Gasteiger partial charge in [-0.05, 0) is 50.9 Å². The summed E-state index contributed by atoms with van der Waals surface area (Å²) in [5.74, 6) is 1.03. The van der Waals surface area contributed by atoms with Gasteiger partial charge in [-0.15, -0.1) is 0 Å². The molecule has 2 nitrogen and oxygen atoms in total. The minimum absolute atomic E-state index is 0.115. The fraction of sp³-hybridized carbons (Fsp3) is 0.909. The highest BCUT2D eigenvalue weighted by Crippen LogP contribution is 2.60. The Morgan fingerprint density at radius 3 is 2.43 bits per heavy atom. The van der Waals surface area contributed by atoms with Crippen LogP contribution in [0, 0.1) is 11.3 Å². The topological polar surface area (TPSA) is 29.1 Å². The molecule has 0 spiro atoms. The van der Waals surface area contributed by atoms with E-state index in [2.05, 4.69) is 21.2 Å². The molecular weight excluding hydrogens is 242 g/mol. The predicted molar refractivity (Wildman–Crippen MR) is 60.4 cm³/mol. The summed E-state index contributed by atoms with van der Waals surface area (Å²) < 4.78 is -0.424. The van der Waals surface area contributed by atoms with Crippen molar-refractivity contribution in [2.75, 3.05) is 6.54 Å². The second-order valence-corrected chi connectivity index (χ2v) is 7.27. The molecule has 3 heteroatoms. The van der Waals surface area contributed by atoms with Crippen molar-refractivity contribution >= 4 is 21.8 Å². The molecule has 0 aliphatic heterocycles. The van der Waals surface area contributed by atoms with Gasteiger partial charge in [-0.3, -0.25) is 4.79 Å². The molecule has 0 atom stereocenters. The first-order valence-corrected chi connectivity index (χ1v) is 6.21. The Balaban J connectivity index is 1.80. The van der Waals surface area contributed by atoms with Crippen LogP contribution in [-0.2, 0) is 4.79 Å². The van der Waals surface area contributed by atoms with Gasteiger partial charge in [0.25, 0.3) is 0 Å². The van der Waals surface area contributed by atoms with Crippen LogP contribution in [-0.4, -0.2) is 16.8 Å². The molecule has 0 bridgehead atoms. The van der Waals surface area contributed by atoms with E-state index in [-0.39, 0.29) is 5.91 Å². The molecule has 0 aromatic rings. The average Bonchev–Trinajstić information content (AvgIpc) is 2.89. The van der Waals surface area contributed by atoms with Gasteiger partial charge in [-0.2, -0.15) is 0 Å². The van der Waals surface area contributed by atoms with E-state index in [1.807, 2.05) is 13.8 Å². The van der Waals surface area contributed by atoms with Crippen LogP contribution in [0.2, 0.25) is 0 Å². The van der Waals surface area contributed by atoms with Crippen molar-refractivity contribution in [3.63, 3.8) is 0 Å². The van der Waals surface area contributed by atoms with Gasteiger partial charge in [0.2, 0.25) is 5.91 Å². The molecule has 1 N–H and O–H groups in total. The van der Waals surface area contributed by atoms with Crippen molar-refractivity contribution in [2.24, 2.45) is 11.3 Å². The number of alkyl halides is 1. The molecule has 14 heavy (non-hydrogen) atoms. The number of hydrogen-bond acceptors (Lipinski definition) is 1. The van der Waals surface area contributed by atoms with Gasteiger partial charge in [0, 0.05) is 6.54 Å². The highest BCUT2D eigenvalue weighted by Gasteiger charge is 2.53. The molecule has 0 heterocycles. The normalized spacial score (nSPS) is 24.5.